The first-order valence-electron chi connectivity index (χ1n) is 6.49. The van der Waals surface area contributed by atoms with Crippen molar-refractivity contribution in [1.29, 1.82) is 0 Å². The topological polar surface area (TPSA) is 135 Å². The Hall–Kier alpha value is 0.850. The zero-order valence-corrected chi connectivity index (χ0v) is 18.4. The summed E-state index contributed by atoms with van der Waals surface area (Å²) in [7, 11) is -5.13. The number of hydrogen-bond donors (Lipinski definition) is 1. The van der Waals surface area contributed by atoms with E-state index in [2.05, 4.69) is 0 Å². The summed E-state index contributed by atoms with van der Waals surface area (Å²) in [5, 5.41) is 21.9. The third kappa shape index (κ3) is 8.10. The molecule has 0 aliphatic heterocycles. The van der Waals surface area contributed by atoms with Crippen LogP contribution in [0, 0.1) is 5.92 Å². The van der Waals surface area contributed by atoms with Crippen LogP contribution in [0.25, 0.3) is 0 Å². The van der Waals surface area contributed by atoms with Gasteiger partial charge in [-0.15, -0.1) is 0 Å². The summed E-state index contributed by atoms with van der Waals surface area (Å²) in [6, 6.07) is 0. The van der Waals surface area contributed by atoms with Gasteiger partial charge in [-0.05, 0) is 12.3 Å². The van der Waals surface area contributed by atoms with Crippen molar-refractivity contribution >= 4 is 22.1 Å². The van der Waals surface area contributed by atoms with Crippen LogP contribution in [0.3, 0.4) is 0 Å². The Kier molecular flexibility index (Phi) is 15.4. The van der Waals surface area contributed by atoms with Crippen molar-refractivity contribution in [2.24, 2.45) is 5.92 Å². The predicted molar refractivity (Wildman–Crippen MR) is 66.8 cm³/mol. The first kappa shape index (κ1) is 27.7. The summed E-state index contributed by atoms with van der Waals surface area (Å²) in [5.41, 5.74) is 0. The molecule has 0 saturated heterocycles. The summed E-state index contributed by atoms with van der Waals surface area (Å²) < 4.78 is 29.1. The first-order chi connectivity index (χ1) is 9.10. The fraction of sp³-hybridized carbons (Fsp3) is 0.833. The van der Waals surface area contributed by atoms with Gasteiger partial charge in [-0.3, -0.25) is 4.55 Å². The van der Waals surface area contributed by atoms with Gasteiger partial charge in [0, 0.05) is 12.4 Å². The fourth-order valence-corrected chi connectivity index (χ4v) is 3.13. The molecule has 0 aromatic heterocycles. The third-order valence-corrected chi connectivity index (χ3v) is 4.92. The van der Waals surface area contributed by atoms with Gasteiger partial charge < -0.3 is 19.8 Å². The van der Waals surface area contributed by atoms with Crippen LogP contribution in [0.1, 0.15) is 52.4 Å². The maximum absolute atomic E-state index is 11.4. The Balaban J connectivity index is -0.00000180. The van der Waals surface area contributed by atoms with E-state index in [4.69, 9.17) is 0 Å². The van der Waals surface area contributed by atoms with Gasteiger partial charge in [0.25, 0.3) is 10.1 Å². The second-order valence-electron chi connectivity index (χ2n) is 4.93. The molecule has 0 aliphatic rings. The molecule has 0 fully saturated rings. The van der Waals surface area contributed by atoms with Gasteiger partial charge in [0.05, 0.1) is 5.97 Å². The van der Waals surface area contributed by atoms with Crippen molar-refractivity contribution in [3.8, 4) is 0 Å². The standard InChI is InChI=1S/C12H22O7S.2Na/c1-3-5-6-9(4-2)7-12(11(15)16,8-10(13)14)20(17,18)19;;/h9H,3-8H2,1-2H3,(H,13,14)(H,15,16)(H,17,18,19);;/q;2*+1/p-2. The molecule has 7 nitrogen and oxygen atoms in total. The second kappa shape index (κ2) is 12.2. The average Bonchev–Trinajstić information content (AvgIpc) is 2.30. The fourth-order valence-electron chi connectivity index (χ4n) is 2.17. The summed E-state index contributed by atoms with van der Waals surface area (Å²) in [6.07, 6.45) is 0.775. The van der Waals surface area contributed by atoms with E-state index >= 15 is 0 Å². The minimum atomic E-state index is -5.13. The Labute approximate surface area is 175 Å². The molecular weight excluding hydrogens is 334 g/mol. The van der Waals surface area contributed by atoms with E-state index in [1.807, 2.05) is 6.92 Å². The Morgan fingerprint density at radius 1 is 1.18 bits per heavy atom. The summed E-state index contributed by atoms with van der Waals surface area (Å²) >= 11 is 0. The van der Waals surface area contributed by atoms with Crippen LogP contribution in [-0.4, -0.2) is 29.7 Å². The molecule has 0 aromatic rings. The van der Waals surface area contributed by atoms with Crippen molar-refractivity contribution < 1.29 is 91.9 Å². The molecule has 22 heavy (non-hydrogen) atoms. The number of unbranched alkanes of at least 4 members (excludes halogenated alkanes) is 1. The van der Waals surface area contributed by atoms with Crippen LogP contribution >= 0.6 is 0 Å². The van der Waals surface area contributed by atoms with Crippen LogP contribution in [-0.2, 0) is 19.7 Å². The van der Waals surface area contributed by atoms with Gasteiger partial charge in [0.2, 0.25) is 0 Å². The minimum absolute atomic E-state index is 0. The molecule has 10 heteroatoms. The minimum Gasteiger partial charge on any atom is -0.550 e. The number of carbonyl (C=O) groups excluding carboxylic acids is 2. The molecule has 2 unspecified atom stereocenters. The van der Waals surface area contributed by atoms with Crippen molar-refractivity contribution in [2.45, 2.75) is 57.1 Å². The molecule has 0 bridgehead atoms. The smallest absolute Gasteiger partial charge is 0.550 e. The SMILES string of the molecule is CCCCC(CC)CC(CC(=O)[O-])(C(=O)[O-])S(=O)(=O)O.[Na+].[Na+]. The van der Waals surface area contributed by atoms with Gasteiger partial charge in [-0.25, -0.2) is 0 Å². The van der Waals surface area contributed by atoms with Crippen molar-refractivity contribution in [3.63, 3.8) is 0 Å². The van der Waals surface area contributed by atoms with E-state index in [-0.39, 0.29) is 65.0 Å². The van der Waals surface area contributed by atoms with Crippen molar-refractivity contribution in [1.82, 2.24) is 0 Å². The molecule has 0 radical (unpaired) electrons. The Bertz CT molecular complexity index is 452. The predicted octanol–water partition coefficient (Wildman–Crippen LogP) is -6.88. The molecule has 118 valence electrons. The molecule has 0 spiro atoms. The number of carboxylic acids is 2. The maximum atomic E-state index is 11.4. The maximum Gasteiger partial charge on any atom is 1.00 e. The van der Waals surface area contributed by atoms with Crippen LogP contribution in [0.15, 0.2) is 0 Å². The average molecular weight is 354 g/mol. The van der Waals surface area contributed by atoms with E-state index in [1.165, 1.54) is 0 Å². The molecule has 0 rings (SSSR count). The van der Waals surface area contributed by atoms with Crippen molar-refractivity contribution in [2.75, 3.05) is 0 Å². The van der Waals surface area contributed by atoms with E-state index in [0.717, 1.165) is 12.8 Å². The van der Waals surface area contributed by atoms with E-state index < -0.39 is 39.6 Å². The monoisotopic (exact) mass is 354 g/mol. The van der Waals surface area contributed by atoms with Crippen molar-refractivity contribution in [3.05, 3.63) is 0 Å². The van der Waals surface area contributed by atoms with Crippen LogP contribution in [0.4, 0.5) is 0 Å². The second-order valence-corrected chi connectivity index (χ2v) is 6.66. The van der Waals surface area contributed by atoms with Gasteiger partial charge in [0.15, 0.2) is 0 Å². The molecule has 2 atom stereocenters. The molecular formula is C12H20Na2O7S. The summed E-state index contributed by atoms with van der Waals surface area (Å²) in [6.45, 7) is 3.66. The van der Waals surface area contributed by atoms with Gasteiger partial charge >= 0.3 is 59.1 Å². The molecule has 0 aliphatic carbocycles. The number of rotatable bonds is 10. The normalized spacial score (nSPS) is 14.9. The number of aliphatic carboxylic acids is 2. The number of hydrogen-bond acceptors (Lipinski definition) is 6. The Morgan fingerprint density at radius 2 is 1.68 bits per heavy atom. The first-order valence-corrected chi connectivity index (χ1v) is 7.93. The van der Waals surface area contributed by atoms with E-state index in [1.54, 1.807) is 6.92 Å². The molecule has 0 heterocycles. The molecule has 0 saturated carbocycles. The summed E-state index contributed by atoms with van der Waals surface area (Å²) in [5.74, 6) is -4.31. The number of carboxylic acid groups (broad SMARTS) is 2. The van der Waals surface area contributed by atoms with Crippen LogP contribution in [0.2, 0.25) is 0 Å². The zero-order valence-electron chi connectivity index (χ0n) is 13.6. The summed E-state index contributed by atoms with van der Waals surface area (Å²) in [4.78, 5) is 21.9. The van der Waals surface area contributed by atoms with Gasteiger partial charge in [-0.2, -0.15) is 8.42 Å². The van der Waals surface area contributed by atoms with E-state index in [9.17, 15) is 32.8 Å². The molecule has 0 amide bonds. The Morgan fingerprint density at radius 3 is 1.95 bits per heavy atom. The number of carbonyl (C=O) groups is 2. The van der Waals surface area contributed by atoms with Crippen LogP contribution < -0.4 is 69.3 Å². The third-order valence-electron chi connectivity index (χ3n) is 3.46. The quantitative estimate of drug-likeness (QED) is 0.304. The van der Waals surface area contributed by atoms with Gasteiger partial charge in [-0.1, -0.05) is 39.5 Å². The largest absolute Gasteiger partial charge is 1.00 e. The van der Waals surface area contributed by atoms with Crippen LogP contribution in [0.5, 0.6) is 0 Å². The molecule has 0 aromatic carbocycles. The molecule has 1 N–H and O–H groups in total. The zero-order chi connectivity index (χ0) is 16.0. The van der Waals surface area contributed by atoms with E-state index in [0.29, 0.717) is 12.8 Å². The van der Waals surface area contributed by atoms with Gasteiger partial charge in [0.1, 0.15) is 4.75 Å².